The number of anilines is 2. The maximum Gasteiger partial charge on any atom is 0.187 e. The van der Waals surface area contributed by atoms with E-state index >= 15 is 0 Å². The van der Waals surface area contributed by atoms with Gasteiger partial charge in [-0.15, -0.1) is 0 Å². The summed E-state index contributed by atoms with van der Waals surface area (Å²) in [6.45, 7) is 2.50. The molecule has 1 aromatic carbocycles. The van der Waals surface area contributed by atoms with Crippen LogP contribution in [-0.2, 0) is 0 Å². The first-order valence-electron chi connectivity index (χ1n) is 5.23. The number of hydrogen-bond donors (Lipinski definition) is 2. The van der Waals surface area contributed by atoms with E-state index in [9.17, 15) is 4.39 Å². The number of hydrogen-bond acceptors (Lipinski definition) is 3. The summed E-state index contributed by atoms with van der Waals surface area (Å²) in [5.74, 6) is -0.689. The molecule has 0 unspecified atom stereocenters. The third-order valence-electron chi connectivity index (χ3n) is 2.21. The van der Waals surface area contributed by atoms with Crippen molar-refractivity contribution in [1.82, 2.24) is 0 Å². The Kier molecular flexibility index (Phi) is 4.68. The quantitative estimate of drug-likeness (QED) is 0.620. The highest BCUT2D eigenvalue weighted by atomic mass is 35.5. The van der Waals surface area contributed by atoms with Gasteiger partial charge in [0.1, 0.15) is 5.02 Å². The second-order valence-corrected chi connectivity index (χ2v) is 3.95. The molecule has 16 heavy (non-hydrogen) atoms. The zero-order valence-electron chi connectivity index (χ0n) is 9.22. The molecular weight excluding hydrogens is 231 g/mol. The summed E-state index contributed by atoms with van der Waals surface area (Å²) < 4.78 is 18.9. The molecule has 0 bridgehead atoms. The fraction of sp³-hybridized carbons (Fsp3) is 0.455. The van der Waals surface area contributed by atoms with Crippen LogP contribution < -0.4 is 16.2 Å². The normalized spacial score (nSPS) is 10.4. The molecule has 0 radical (unpaired) electrons. The van der Waals surface area contributed by atoms with Crippen LogP contribution in [0.1, 0.15) is 26.2 Å². The number of unbranched alkanes of at least 4 members (excludes halogenated alkanes) is 2. The monoisotopic (exact) mass is 246 g/mol. The maximum absolute atomic E-state index is 13.6. The van der Waals surface area contributed by atoms with Gasteiger partial charge in [-0.05, 0) is 12.5 Å². The van der Waals surface area contributed by atoms with Crippen LogP contribution in [0.5, 0.6) is 5.75 Å². The zero-order valence-corrected chi connectivity index (χ0v) is 9.98. The summed E-state index contributed by atoms with van der Waals surface area (Å²) in [5, 5.41) is -0.139. The van der Waals surface area contributed by atoms with Crippen LogP contribution in [0.2, 0.25) is 5.02 Å². The van der Waals surface area contributed by atoms with Gasteiger partial charge in [0.05, 0.1) is 18.0 Å². The summed E-state index contributed by atoms with van der Waals surface area (Å²) in [4.78, 5) is 0. The molecule has 4 N–H and O–H groups in total. The summed E-state index contributed by atoms with van der Waals surface area (Å²) in [5.41, 5.74) is 11.4. The Bertz CT molecular complexity index is 371. The number of nitrogens with two attached hydrogens (primary N) is 2. The average Bonchev–Trinajstić information content (AvgIpc) is 2.25. The summed E-state index contributed by atoms with van der Waals surface area (Å²) in [6, 6.07) is 1.40. The molecule has 0 aliphatic rings. The molecule has 0 fully saturated rings. The minimum Gasteiger partial charge on any atom is -0.488 e. The van der Waals surface area contributed by atoms with Gasteiger partial charge in [0.2, 0.25) is 0 Å². The van der Waals surface area contributed by atoms with E-state index in [0.717, 1.165) is 19.3 Å². The molecule has 0 heterocycles. The first-order valence-corrected chi connectivity index (χ1v) is 5.61. The molecule has 0 spiro atoms. The first-order chi connectivity index (χ1) is 7.57. The molecule has 0 saturated heterocycles. The topological polar surface area (TPSA) is 61.3 Å². The van der Waals surface area contributed by atoms with E-state index in [0.29, 0.717) is 6.61 Å². The number of rotatable bonds is 5. The second-order valence-electron chi connectivity index (χ2n) is 3.57. The van der Waals surface area contributed by atoms with Crippen LogP contribution in [0.15, 0.2) is 6.07 Å². The number of nitrogen functional groups attached to an aromatic ring is 2. The van der Waals surface area contributed by atoms with Crippen molar-refractivity contribution in [2.45, 2.75) is 26.2 Å². The van der Waals surface area contributed by atoms with Gasteiger partial charge in [-0.25, -0.2) is 4.39 Å². The third kappa shape index (κ3) is 2.92. The van der Waals surface area contributed by atoms with Crippen molar-refractivity contribution in [1.29, 1.82) is 0 Å². The van der Waals surface area contributed by atoms with Crippen molar-refractivity contribution < 1.29 is 9.13 Å². The van der Waals surface area contributed by atoms with Crippen molar-refractivity contribution in [2.75, 3.05) is 18.1 Å². The van der Waals surface area contributed by atoms with Gasteiger partial charge in [-0.3, -0.25) is 0 Å². The fourth-order valence-electron chi connectivity index (χ4n) is 1.32. The van der Waals surface area contributed by atoms with E-state index in [1.807, 2.05) is 0 Å². The smallest absolute Gasteiger partial charge is 0.187 e. The van der Waals surface area contributed by atoms with Crippen molar-refractivity contribution >= 4 is 23.0 Å². The predicted octanol–water partition coefficient (Wildman–Crippen LogP) is 3.21. The largest absolute Gasteiger partial charge is 0.488 e. The lowest BCUT2D eigenvalue weighted by Gasteiger charge is -2.11. The SMILES string of the molecule is CCCCCOc1c(N)cc(N)c(Cl)c1F. The Labute approximate surface area is 99.5 Å². The molecule has 0 aliphatic carbocycles. The summed E-state index contributed by atoms with van der Waals surface area (Å²) >= 11 is 5.66. The standard InChI is InChI=1S/C11H16ClFN2O/c1-2-3-4-5-16-11-8(15)6-7(14)9(12)10(11)13/h6H,2-5,14-15H2,1H3. The highest BCUT2D eigenvalue weighted by molar-refractivity contribution is 6.33. The zero-order chi connectivity index (χ0) is 12.1. The van der Waals surface area contributed by atoms with Crippen molar-refractivity contribution in [3.8, 4) is 5.75 Å². The molecule has 3 nitrogen and oxygen atoms in total. The van der Waals surface area contributed by atoms with Gasteiger partial charge in [-0.1, -0.05) is 31.4 Å². The second kappa shape index (κ2) is 5.80. The molecule has 1 rings (SSSR count). The van der Waals surface area contributed by atoms with E-state index in [2.05, 4.69) is 6.92 Å². The Hall–Kier alpha value is -1.16. The molecule has 0 saturated carbocycles. The molecule has 0 atom stereocenters. The lowest BCUT2D eigenvalue weighted by atomic mass is 10.2. The van der Waals surface area contributed by atoms with Crippen LogP contribution in [0.4, 0.5) is 15.8 Å². The number of ether oxygens (including phenoxy) is 1. The van der Waals surface area contributed by atoms with Crippen molar-refractivity contribution in [2.24, 2.45) is 0 Å². The van der Waals surface area contributed by atoms with Crippen LogP contribution in [0, 0.1) is 5.82 Å². The molecule has 0 aromatic heterocycles. The van der Waals surface area contributed by atoms with Gasteiger partial charge in [0, 0.05) is 0 Å². The molecule has 5 heteroatoms. The first kappa shape index (κ1) is 12.9. The molecule has 90 valence electrons. The van der Waals surface area contributed by atoms with Crippen LogP contribution >= 0.6 is 11.6 Å². The maximum atomic E-state index is 13.6. The lowest BCUT2D eigenvalue weighted by molar-refractivity contribution is 0.293. The number of benzene rings is 1. The minimum absolute atomic E-state index is 0.00435. The Morgan fingerprint density at radius 3 is 2.62 bits per heavy atom. The van der Waals surface area contributed by atoms with Crippen LogP contribution in [-0.4, -0.2) is 6.61 Å². The predicted molar refractivity (Wildman–Crippen MR) is 65.3 cm³/mol. The highest BCUT2D eigenvalue weighted by Gasteiger charge is 2.15. The Morgan fingerprint density at radius 1 is 1.31 bits per heavy atom. The summed E-state index contributed by atoms with van der Waals surface area (Å²) in [7, 11) is 0. The molecular formula is C11H16ClFN2O. The van der Waals surface area contributed by atoms with Gasteiger partial charge in [0.25, 0.3) is 0 Å². The highest BCUT2D eigenvalue weighted by Crippen LogP contribution is 2.35. The minimum atomic E-state index is -0.685. The van der Waals surface area contributed by atoms with Gasteiger partial charge in [-0.2, -0.15) is 0 Å². The Balaban J connectivity index is 2.76. The average molecular weight is 247 g/mol. The van der Waals surface area contributed by atoms with E-state index in [-0.39, 0.29) is 22.1 Å². The van der Waals surface area contributed by atoms with Crippen LogP contribution in [0.25, 0.3) is 0 Å². The van der Waals surface area contributed by atoms with Crippen molar-refractivity contribution in [3.05, 3.63) is 16.9 Å². The molecule has 0 amide bonds. The lowest BCUT2D eigenvalue weighted by Crippen LogP contribution is -2.04. The van der Waals surface area contributed by atoms with Gasteiger partial charge in [0.15, 0.2) is 11.6 Å². The van der Waals surface area contributed by atoms with E-state index in [1.165, 1.54) is 6.07 Å². The van der Waals surface area contributed by atoms with Gasteiger partial charge >= 0.3 is 0 Å². The summed E-state index contributed by atoms with van der Waals surface area (Å²) in [6.07, 6.45) is 2.96. The fourth-order valence-corrected chi connectivity index (χ4v) is 1.46. The third-order valence-corrected chi connectivity index (χ3v) is 2.60. The molecule has 1 aromatic rings. The van der Waals surface area contributed by atoms with Crippen molar-refractivity contribution in [3.63, 3.8) is 0 Å². The van der Waals surface area contributed by atoms with Gasteiger partial charge < -0.3 is 16.2 Å². The van der Waals surface area contributed by atoms with E-state index in [1.54, 1.807) is 0 Å². The van der Waals surface area contributed by atoms with E-state index < -0.39 is 5.82 Å². The van der Waals surface area contributed by atoms with Crippen LogP contribution in [0.3, 0.4) is 0 Å². The van der Waals surface area contributed by atoms with E-state index in [4.69, 9.17) is 27.8 Å². The molecule has 0 aliphatic heterocycles. The number of halogens is 2. The Morgan fingerprint density at radius 2 is 2.00 bits per heavy atom.